The van der Waals surface area contributed by atoms with Crippen molar-refractivity contribution in [1.82, 2.24) is 9.38 Å². The van der Waals surface area contributed by atoms with Crippen LogP contribution in [-0.4, -0.2) is 24.5 Å². The maximum absolute atomic E-state index is 5.20. The van der Waals surface area contributed by atoms with Crippen LogP contribution >= 0.6 is 5.51 Å². The van der Waals surface area contributed by atoms with Crippen LogP contribution in [0.25, 0.3) is 81.8 Å². The minimum atomic E-state index is -2.08. The van der Waals surface area contributed by atoms with E-state index in [1.807, 2.05) is 0 Å². The zero-order valence-electron chi connectivity index (χ0n) is 28.6. The van der Waals surface area contributed by atoms with Gasteiger partial charge in [0.05, 0.1) is 5.52 Å². The monoisotopic (exact) mass is 758 g/mol. The van der Waals surface area contributed by atoms with E-state index >= 15 is 0 Å². The Kier molecular flexibility index (Phi) is 6.88. The first-order valence-electron chi connectivity index (χ1n) is 18.0. The van der Waals surface area contributed by atoms with Gasteiger partial charge < -0.3 is 0 Å². The molecule has 0 bridgehead atoms. The van der Waals surface area contributed by atoms with Crippen LogP contribution in [0, 0.1) is 0 Å². The Morgan fingerprint density at radius 2 is 1.06 bits per heavy atom. The summed E-state index contributed by atoms with van der Waals surface area (Å²) in [7, 11) is 0. The fraction of sp³-hybridized carbons (Fsp3) is 0. The van der Waals surface area contributed by atoms with E-state index in [0.717, 1.165) is 16.7 Å². The van der Waals surface area contributed by atoms with E-state index in [1.54, 1.807) is 0 Å². The molecule has 9 aromatic carbocycles. The van der Waals surface area contributed by atoms with E-state index in [0.29, 0.717) is 0 Å². The average Bonchev–Trinajstić information content (AvgIpc) is 3.63. The summed E-state index contributed by atoms with van der Waals surface area (Å²) in [6.07, 6.45) is 0. The summed E-state index contributed by atoms with van der Waals surface area (Å²) in [4.78, 5) is 5.20. The molecule has 0 N–H and O–H groups in total. The standard InChI is InChI=1S/C49H31N2PSe/c53-52(38-14-2-1-3-15-38,47-20-10-13-32-11-4-6-16-40(32)47)39-26-23-35-29-34(21-22-36(35)30-39)37-25-27-42-46(31-37)51-45-19-9-8-18-44(45)50-49(51)43-28-24-33-12-5-7-17-41(33)48(42)43/h1-31H. The Morgan fingerprint density at radius 3 is 1.94 bits per heavy atom. The number of para-hydroxylation sites is 2. The van der Waals surface area contributed by atoms with Crippen molar-refractivity contribution in [1.29, 1.82) is 0 Å². The molecule has 2 heterocycles. The molecular formula is C49H31N2PSe. The van der Waals surface area contributed by atoms with Gasteiger partial charge in [-0.2, -0.15) is 0 Å². The Balaban J connectivity index is 1.10. The van der Waals surface area contributed by atoms with Gasteiger partial charge in [-0.3, -0.25) is 0 Å². The number of imidazole rings is 1. The predicted octanol–water partition coefficient (Wildman–Crippen LogP) is 11.3. The van der Waals surface area contributed by atoms with E-state index in [2.05, 4.69) is 208 Å². The van der Waals surface area contributed by atoms with Crippen molar-refractivity contribution in [2.24, 2.45) is 0 Å². The molecule has 248 valence electrons. The molecule has 0 spiro atoms. The van der Waals surface area contributed by atoms with E-state index in [1.165, 1.54) is 81.0 Å². The van der Waals surface area contributed by atoms with Crippen LogP contribution in [-0.2, 0) is 0 Å². The van der Waals surface area contributed by atoms with Crippen molar-refractivity contribution in [2.45, 2.75) is 0 Å². The molecule has 0 aliphatic heterocycles. The fourth-order valence-corrected chi connectivity index (χ4v) is 13.8. The summed E-state index contributed by atoms with van der Waals surface area (Å²) in [6.45, 7) is 0. The fourth-order valence-electron chi connectivity index (χ4n) is 8.46. The molecule has 0 aliphatic rings. The van der Waals surface area contributed by atoms with Crippen LogP contribution in [0.4, 0.5) is 0 Å². The van der Waals surface area contributed by atoms with E-state index in [4.69, 9.17) is 4.98 Å². The van der Waals surface area contributed by atoms with Crippen molar-refractivity contribution in [2.75, 3.05) is 0 Å². The van der Waals surface area contributed by atoms with Gasteiger partial charge >= 0.3 is 228 Å². The maximum atomic E-state index is 5.20. The normalized spacial score (nSPS) is 13.1. The van der Waals surface area contributed by atoms with Crippen molar-refractivity contribution in [3.05, 3.63) is 188 Å². The van der Waals surface area contributed by atoms with Crippen LogP contribution in [0.2, 0.25) is 0 Å². The first-order valence-corrected chi connectivity index (χ1v) is 22.0. The number of aromatic nitrogens is 2. The van der Waals surface area contributed by atoms with E-state index in [9.17, 15) is 0 Å². The second kappa shape index (κ2) is 11.9. The first kappa shape index (κ1) is 30.8. The Bertz CT molecular complexity index is 3320. The van der Waals surface area contributed by atoms with Crippen LogP contribution < -0.4 is 15.9 Å². The van der Waals surface area contributed by atoms with Crippen LogP contribution in [0.15, 0.2) is 188 Å². The van der Waals surface area contributed by atoms with Gasteiger partial charge in [0.2, 0.25) is 0 Å². The van der Waals surface area contributed by atoms with Gasteiger partial charge in [0.25, 0.3) is 0 Å². The van der Waals surface area contributed by atoms with Gasteiger partial charge in [0, 0.05) is 5.39 Å². The third-order valence-corrected chi connectivity index (χ3v) is 18.0. The molecule has 2 nitrogen and oxygen atoms in total. The van der Waals surface area contributed by atoms with Gasteiger partial charge in [-0.15, -0.1) is 0 Å². The molecule has 11 aromatic rings. The summed E-state index contributed by atoms with van der Waals surface area (Å²) >= 11 is 3.80. The average molecular weight is 758 g/mol. The Hall–Kier alpha value is -5.82. The third kappa shape index (κ3) is 4.65. The molecule has 11 rings (SSSR count). The quantitative estimate of drug-likeness (QED) is 0.0993. The number of pyridine rings is 1. The second-order valence-electron chi connectivity index (χ2n) is 13.9. The van der Waals surface area contributed by atoms with Gasteiger partial charge in [-0.25, -0.2) is 4.98 Å². The number of benzene rings is 9. The van der Waals surface area contributed by atoms with Crippen LogP contribution in [0.1, 0.15) is 0 Å². The van der Waals surface area contributed by atoms with Gasteiger partial charge in [-0.05, 0) is 29.0 Å². The topological polar surface area (TPSA) is 17.3 Å². The molecule has 0 aliphatic carbocycles. The number of rotatable bonds is 4. The van der Waals surface area contributed by atoms with E-state index in [-0.39, 0.29) is 0 Å². The first-order chi connectivity index (χ1) is 26.1. The minimum absolute atomic E-state index is 0.996. The van der Waals surface area contributed by atoms with Crippen LogP contribution in [0.5, 0.6) is 0 Å². The molecule has 1 unspecified atom stereocenters. The molecule has 0 fully saturated rings. The van der Waals surface area contributed by atoms with Crippen molar-refractivity contribution < 1.29 is 0 Å². The molecular weight excluding hydrogens is 726 g/mol. The Morgan fingerprint density at radius 1 is 0.415 bits per heavy atom. The zero-order chi connectivity index (χ0) is 35.1. The molecule has 0 saturated carbocycles. The molecule has 4 heteroatoms. The van der Waals surface area contributed by atoms with Gasteiger partial charge in [-0.1, -0.05) is 42.5 Å². The number of nitrogens with zero attached hydrogens (tertiary/aromatic N) is 2. The summed E-state index contributed by atoms with van der Waals surface area (Å²) in [5, 5.41) is 15.2. The summed E-state index contributed by atoms with van der Waals surface area (Å²) in [6, 6.07) is 69.1. The number of hydrogen-bond donors (Lipinski definition) is 0. The molecule has 2 aromatic heterocycles. The third-order valence-electron chi connectivity index (χ3n) is 11.0. The molecule has 0 radical (unpaired) electrons. The molecule has 0 saturated heterocycles. The Labute approximate surface area is 314 Å². The zero-order valence-corrected chi connectivity index (χ0v) is 31.3. The van der Waals surface area contributed by atoms with E-state index < -0.39 is 5.51 Å². The van der Waals surface area contributed by atoms with Gasteiger partial charge in [0.15, 0.2) is 0 Å². The number of fused-ring (bicyclic) bond motifs is 12. The molecule has 1 atom stereocenters. The van der Waals surface area contributed by atoms with Gasteiger partial charge in [0.1, 0.15) is 0 Å². The number of hydrogen-bond acceptors (Lipinski definition) is 1. The SMILES string of the molecule is [Se]=P(c1ccccc1)(c1ccc2cc(-c3ccc4c5c6ccccc6ccc5c5nc6ccccc6n5c4c3)ccc2c1)c1cccc2ccccc12. The summed E-state index contributed by atoms with van der Waals surface area (Å²) < 4.78 is 2.36. The van der Waals surface area contributed by atoms with Crippen molar-refractivity contribution in [3.63, 3.8) is 0 Å². The second-order valence-corrected chi connectivity index (χ2v) is 20.1. The van der Waals surface area contributed by atoms with Crippen LogP contribution in [0.3, 0.4) is 0 Å². The predicted molar refractivity (Wildman–Crippen MR) is 230 cm³/mol. The summed E-state index contributed by atoms with van der Waals surface area (Å²) in [5.41, 5.74) is 4.60. The summed E-state index contributed by atoms with van der Waals surface area (Å²) in [5.74, 6) is 0. The van der Waals surface area contributed by atoms with Crippen molar-refractivity contribution >= 4 is 107 Å². The molecule has 53 heavy (non-hydrogen) atoms. The van der Waals surface area contributed by atoms with Crippen molar-refractivity contribution in [3.8, 4) is 11.1 Å². The molecule has 0 amide bonds.